The highest BCUT2D eigenvalue weighted by atomic mass is 19.4. The lowest BCUT2D eigenvalue weighted by Crippen LogP contribution is -2.40. The van der Waals surface area contributed by atoms with Crippen LogP contribution in [0.25, 0.3) is 0 Å². The minimum absolute atomic E-state index is 0.0000442. The van der Waals surface area contributed by atoms with Gasteiger partial charge in [0.25, 0.3) is 5.91 Å². The number of carbonyl (C=O) groups excluding carboxylic acids is 1. The average molecular weight is 350 g/mol. The minimum atomic E-state index is -4.44. The number of alkyl halides is 3. The fraction of sp³-hybridized carbons (Fsp3) is 0.316. The van der Waals surface area contributed by atoms with Crippen LogP contribution in [0.1, 0.15) is 27.0 Å². The standard InChI is InChI=1S/C19H21F3N2O/c1-14-2-4-15(5-3-14)10-11-24(13-19(20,21)22)18(25)17-8-6-16(12-23)7-9-17/h2-9H,10-13,23H2,1H3. The monoisotopic (exact) mass is 350 g/mol. The largest absolute Gasteiger partial charge is 0.406 e. The molecule has 0 unspecified atom stereocenters. The van der Waals surface area contributed by atoms with E-state index in [9.17, 15) is 18.0 Å². The first-order valence-corrected chi connectivity index (χ1v) is 7.99. The van der Waals surface area contributed by atoms with Crippen molar-refractivity contribution >= 4 is 5.91 Å². The van der Waals surface area contributed by atoms with E-state index in [1.807, 2.05) is 31.2 Å². The van der Waals surface area contributed by atoms with E-state index in [0.29, 0.717) is 13.0 Å². The summed E-state index contributed by atoms with van der Waals surface area (Å²) < 4.78 is 38.6. The molecular weight excluding hydrogens is 329 g/mol. The molecule has 2 aromatic carbocycles. The second-order valence-corrected chi connectivity index (χ2v) is 5.98. The van der Waals surface area contributed by atoms with Gasteiger partial charge in [0.15, 0.2) is 0 Å². The number of carbonyl (C=O) groups is 1. The maximum absolute atomic E-state index is 12.9. The zero-order valence-electron chi connectivity index (χ0n) is 14.0. The van der Waals surface area contributed by atoms with Crippen molar-refractivity contribution < 1.29 is 18.0 Å². The molecule has 0 atom stereocenters. The molecule has 0 aromatic heterocycles. The SMILES string of the molecule is Cc1ccc(CCN(CC(F)(F)F)C(=O)c2ccc(CN)cc2)cc1. The second kappa shape index (κ2) is 8.16. The molecule has 3 nitrogen and oxygen atoms in total. The molecule has 0 aliphatic heterocycles. The Labute approximate surface area is 145 Å². The Kier molecular flexibility index (Phi) is 6.20. The number of amides is 1. The maximum atomic E-state index is 12.9. The minimum Gasteiger partial charge on any atom is -0.329 e. The molecule has 0 saturated heterocycles. The van der Waals surface area contributed by atoms with Crippen LogP contribution in [0.2, 0.25) is 0 Å². The van der Waals surface area contributed by atoms with E-state index in [0.717, 1.165) is 21.6 Å². The van der Waals surface area contributed by atoms with Crippen LogP contribution in [-0.2, 0) is 13.0 Å². The van der Waals surface area contributed by atoms with E-state index < -0.39 is 18.6 Å². The molecule has 0 aliphatic rings. The highest BCUT2D eigenvalue weighted by Crippen LogP contribution is 2.19. The van der Waals surface area contributed by atoms with Gasteiger partial charge < -0.3 is 10.6 Å². The Bertz CT molecular complexity index is 694. The quantitative estimate of drug-likeness (QED) is 0.863. The summed E-state index contributed by atoms with van der Waals surface area (Å²) in [5, 5.41) is 0. The number of halogens is 3. The van der Waals surface area contributed by atoms with Crippen molar-refractivity contribution in [3.05, 3.63) is 70.8 Å². The van der Waals surface area contributed by atoms with Crippen LogP contribution >= 0.6 is 0 Å². The summed E-state index contributed by atoms with van der Waals surface area (Å²) in [4.78, 5) is 13.3. The molecular formula is C19H21F3N2O. The summed E-state index contributed by atoms with van der Waals surface area (Å²) in [7, 11) is 0. The first-order valence-electron chi connectivity index (χ1n) is 7.99. The van der Waals surface area contributed by atoms with Crippen LogP contribution in [-0.4, -0.2) is 30.1 Å². The molecule has 0 heterocycles. The van der Waals surface area contributed by atoms with Gasteiger partial charge in [-0.2, -0.15) is 13.2 Å². The number of rotatable bonds is 6. The molecule has 0 saturated carbocycles. The van der Waals surface area contributed by atoms with Crippen molar-refractivity contribution in [1.82, 2.24) is 4.90 Å². The van der Waals surface area contributed by atoms with Crippen LogP contribution in [0.3, 0.4) is 0 Å². The summed E-state index contributed by atoms with van der Waals surface area (Å²) in [5.41, 5.74) is 8.51. The smallest absolute Gasteiger partial charge is 0.329 e. The lowest BCUT2D eigenvalue weighted by molar-refractivity contribution is -0.140. The predicted octanol–water partition coefficient (Wildman–Crippen LogP) is 3.70. The summed E-state index contributed by atoms with van der Waals surface area (Å²) in [6.45, 7) is 0.985. The second-order valence-electron chi connectivity index (χ2n) is 5.98. The van der Waals surface area contributed by atoms with Crippen molar-refractivity contribution in [2.45, 2.75) is 26.1 Å². The lowest BCUT2D eigenvalue weighted by Gasteiger charge is -2.24. The van der Waals surface area contributed by atoms with Crippen molar-refractivity contribution in [2.75, 3.05) is 13.1 Å². The van der Waals surface area contributed by atoms with Crippen LogP contribution in [0.15, 0.2) is 48.5 Å². The van der Waals surface area contributed by atoms with E-state index in [-0.39, 0.29) is 12.1 Å². The van der Waals surface area contributed by atoms with Gasteiger partial charge in [-0.05, 0) is 36.6 Å². The van der Waals surface area contributed by atoms with Crippen molar-refractivity contribution in [2.24, 2.45) is 5.73 Å². The van der Waals surface area contributed by atoms with E-state index in [4.69, 9.17) is 5.73 Å². The van der Waals surface area contributed by atoms with Gasteiger partial charge in [-0.3, -0.25) is 4.79 Å². The van der Waals surface area contributed by atoms with Crippen LogP contribution in [0.4, 0.5) is 13.2 Å². The zero-order chi connectivity index (χ0) is 18.4. The number of benzene rings is 2. The number of hydrogen-bond donors (Lipinski definition) is 1. The maximum Gasteiger partial charge on any atom is 0.406 e. The molecule has 2 aromatic rings. The van der Waals surface area contributed by atoms with Crippen molar-refractivity contribution in [1.29, 1.82) is 0 Å². The molecule has 134 valence electrons. The van der Waals surface area contributed by atoms with Gasteiger partial charge in [0.2, 0.25) is 0 Å². The van der Waals surface area contributed by atoms with Crippen LogP contribution < -0.4 is 5.73 Å². The van der Waals surface area contributed by atoms with Crippen molar-refractivity contribution in [3.8, 4) is 0 Å². The normalized spacial score (nSPS) is 11.4. The number of nitrogens with two attached hydrogens (primary N) is 1. The van der Waals surface area contributed by atoms with Gasteiger partial charge in [-0.15, -0.1) is 0 Å². The fourth-order valence-corrected chi connectivity index (χ4v) is 2.45. The van der Waals surface area contributed by atoms with Gasteiger partial charge in [0.1, 0.15) is 6.54 Å². The molecule has 0 spiro atoms. The molecule has 6 heteroatoms. The molecule has 2 rings (SSSR count). The molecule has 2 N–H and O–H groups in total. The Morgan fingerprint density at radius 1 is 1.00 bits per heavy atom. The molecule has 1 amide bonds. The fourth-order valence-electron chi connectivity index (χ4n) is 2.45. The Balaban J connectivity index is 2.13. The van der Waals surface area contributed by atoms with E-state index in [1.54, 1.807) is 12.1 Å². The Morgan fingerprint density at radius 2 is 1.56 bits per heavy atom. The first kappa shape index (κ1) is 19.0. The van der Waals surface area contributed by atoms with Crippen molar-refractivity contribution in [3.63, 3.8) is 0 Å². The van der Waals surface area contributed by atoms with Gasteiger partial charge in [-0.25, -0.2) is 0 Å². The van der Waals surface area contributed by atoms with E-state index >= 15 is 0 Å². The summed E-state index contributed by atoms with van der Waals surface area (Å²) in [6, 6.07) is 13.9. The number of nitrogens with zero attached hydrogens (tertiary/aromatic N) is 1. The van der Waals surface area contributed by atoms with Gasteiger partial charge in [-0.1, -0.05) is 42.0 Å². The summed E-state index contributed by atoms with van der Waals surface area (Å²) in [5.74, 6) is -0.631. The predicted molar refractivity (Wildman–Crippen MR) is 91.2 cm³/mol. The number of aryl methyl sites for hydroxylation is 1. The topological polar surface area (TPSA) is 46.3 Å². The van der Waals surface area contributed by atoms with E-state index in [2.05, 4.69) is 0 Å². The molecule has 0 aliphatic carbocycles. The first-order chi connectivity index (χ1) is 11.8. The average Bonchev–Trinajstić information content (AvgIpc) is 2.58. The van der Waals surface area contributed by atoms with E-state index in [1.165, 1.54) is 12.1 Å². The summed E-state index contributed by atoms with van der Waals surface area (Å²) in [6.07, 6.45) is -4.08. The van der Waals surface area contributed by atoms with Gasteiger partial charge in [0, 0.05) is 18.7 Å². The van der Waals surface area contributed by atoms with Gasteiger partial charge in [0.05, 0.1) is 0 Å². The molecule has 0 fully saturated rings. The number of hydrogen-bond acceptors (Lipinski definition) is 2. The third kappa shape index (κ3) is 5.90. The van der Waals surface area contributed by atoms with Crippen LogP contribution in [0, 0.1) is 6.92 Å². The third-order valence-corrected chi connectivity index (χ3v) is 3.88. The highest BCUT2D eigenvalue weighted by molar-refractivity contribution is 5.94. The molecule has 0 radical (unpaired) electrons. The lowest BCUT2D eigenvalue weighted by atomic mass is 10.1. The van der Waals surface area contributed by atoms with Crippen LogP contribution in [0.5, 0.6) is 0 Å². The zero-order valence-corrected chi connectivity index (χ0v) is 14.0. The Morgan fingerprint density at radius 3 is 2.08 bits per heavy atom. The third-order valence-electron chi connectivity index (χ3n) is 3.88. The molecule has 0 bridgehead atoms. The highest BCUT2D eigenvalue weighted by Gasteiger charge is 2.33. The Hall–Kier alpha value is -2.34. The summed E-state index contributed by atoms with van der Waals surface area (Å²) >= 11 is 0. The molecule has 25 heavy (non-hydrogen) atoms. The van der Waals surface area contributed by atoms with Gasteiger partial charge >= 0.3 is 6.18 Å².